The van der Waals surface area contributed by atoms with Gasteiger partial charge in [0.1, 0.15) is 5.82 Å². The molecule has 0 bridgehead atoms. The highest BCUT2D eigenvalue weighted by Crippen LogP contribution is 2.26. The number of aromatic nitrogens is 2. The highest BCUT2D eigenvalue weighted by molar-refractivity contribution is 6.35. The van der Waals surface area contributed by atoms with E-state index in [2.05, 4.69) is 4.98 Å². The fraction of sp³-hybridized carbons (Fsp3) is 0.250. The fourth-order valence-electron chi connectivity index (χ4n) is 1.68. The van der Waals surface area contributed by atoms with Gasteiger partial charge in [0, 0.05) is 28.0 Å². The van der Waals surface area contributed by atoms with Crippen molar-refractivity contribution in [1.82, 2.24) is 9.55 Å². The largest absolute Gasteiger partial charge is 0.394 e. The number of benzene rings is 1. The van der Waals surface area contributed by atoms with Crippen molar-refractivity contribution in [3.63, 3.8) is 0 Å². The Balaban J connectivity index is 2.36. The summed E-state index contributed by atoms with van der Waals surface area (Å²) in [5.74, 6) is 0.645. The maximum atomic E-state index is 9.46. The summed E-state index contributed by atoms with van der Waals surface area (Å²) in [6.07, 6.45) is 2.52. The van der Waals surface area contributed by atoms with E-state index in [1.165, 1.54) is 0 Å². The van der Waals surface area contributed by atoms with Crippen molar-refractivity contribution >= 4 is 23.2 Å². The molecule has 1 aromatic carbocycles. The van der Waals surface area contributed by atoms with E-state index in [1.807, 2.05) is 0 Å². The van der Waals surface area contributed by atoms with Crippen LogP contribution in [-0.2, 0) is 6.54 Å². The van der Waals surface area contributed by atoms with Gasteiger partial charge in [-0.2, -0.15) is 0 Å². The van der Waals surface area contributed by atoms with Gasteiger partial charge in [-0.25, -0.2) is 4.98 Å². The Labute approximate surface area is 114 Å². The molecule has 0 amide bonds. The van der Waals surface area contributed by atoms with Gasteiger partial charge in [0.25, 0.3) is 0 Å². The van der Waals surface area contributed by atoms with Gasteiger partial charge in [-0.15, -0.1) is 0 Å². The molecular formula is C12H12Cl2N2O2. The molecule has 0 aliphatic heterocycles. The second kappa shape index (κ2) is 5.71. The molecule has 0 aliphatic rings. The third-order valence-corrected chi connectivity index (χ3v) is 2.89. The van der Waals surface area contributed by atoms with Crippen molar-refractivity contribution in [2.45, 2.75) is 12.6 Å². The first kappa shape index (κ1) is 13.4. The second-order valence-corrected chi connectivity index (χ2v) is 4.77. The number of aliphatic hydroxyl groups excluding tert-OH is 2. The van der Waals surface area contributed by atoms with E-state index in [9.17, 15) is 5.11 Å². The maximum Gasteiger partial charge on any atom is 0.140 e. The summed E-state index contributed by atoms with van der Waals surface area (Å²) in [5.41, 5.74) is 0.766. The van der Waals surface area contributed by atoms with Crippen LogP contribution in [0.3, 0.4) is 0 Å². The molecule has 0 saturated heterocycles. The van der Waals surface area contributed by atoms with Crippen LogP contribution in [0.5, 0.6) is 0 Å². The van der Waals surface area contributed by atoms with Crippen molar-refractivity contribution in [1.29, 1.82) is 0 Å². The molecule has 6 heteroatoms. The Morgan fingerprint density at radius 1 is 1.22 bits per heavy atom. The minimum atomic E-state index is -0.826. The SMILES string of the molecule is OCC(O)Cn1ccnc1-c1cc(Cl)cc(Cl)c1. The molecule has 0 aliphatic carbocycles. The van der Waals surface area contributed by atoms with E-state index in [1.54, 1.807) is 35.2 Å². The van der Waals surface area contributed by atoms with Crippen LogP contribution in [-0.4, -0.2) is 32.5 Å². The van der Waals surface area contributed by atoms with Crippen LogP contribution in [0.2, 0.25) is 10.0 Å². The molecule has 2 rings (SSSR count). The van der Waals surface area contributed by atoms with Crippen LogP contribution in [0.1, 0.15) is 0 Å². The van der Waals surface area contributed by atoms with Gasteiger partial charge in [-0.1, -0.05) is 23.2 Å². The summed E-state index contributed by atoms with van der Waals surface area (Å²) in [7, 11) is 0. The van der Waals surface area contributed by atoms with E-state index < -0.39 is 6.10 Å². The van der Waals surface area contributed by atoms with Crippen LogP contribution in [0.25, 0.3) is 11.4 Å². The normalized spacial score (nSPS) is 12.7. The first-order valence-corrected chi connectivity index (χ1v) is 6.12. The Hall–Kier alpha value is -1.07. The average molecular weight is 287 g/mol. The molecule has 0 radical (unpaired) electrons. The van der Waals surface area contributed by atoms with E-state index in [-0.39, 0.29) is 13.2 Å². The van der Waals surface area contributed by atoms with Gasteiger partial charge in [-0.05, 0) is 18.2 Å². The molecule has 2 N–H and O–H groups in total. The Morgan fingerprint density at radius 3 is 2.50 bits per heavy atom. The first-order chi connectivity index (χ1) is 8.60. The van der Waals surface area contributed by atoms with Gasteiger partial charge in [0.15, 0.2) is 0 Å². The number of nitrogens with zero attached hydrogens (tertiary/aromatic N) is 2. The molecule has 1 atom stereocenters. The van der Waals surface area contributed by atoms with Gasteiger partial charge in [-0.3, -0.25) is 0 Å². The molecule has 2 aromatic rings. The van der Waals surface area contributed by atoms with Crippen LogP contribution >= 0.6 is 23.2 Å². The zero-order chi connectivity index (χ0) is 13.1. The number of aliphatic hydroxyl groups is 2. The lowest BCUT2D eigenvalue weighted by atomic mass is 10.2. The van der Waals surface area contributed by atoms with E-state index in [4.69, 9.17) is 28.3 Å². The van der Waals surface area contributed by atoms with Crippen LogP contribution in [0, 0.1) is 0 Å². The standard InChI is InChI=1S/C12H12Cl2N2O2/c13-9-3-8(4-10(14)5-9)12-15-1-2-16(12)6-11(18)7-17/h1-5,11,17-18H,6-7H2. The van der Waals surface area contributed by atoms with Crippen molar-refractivity contribution in [3.8, 4) is 11.4 Å². The summed E-state index contributed by atoms with van der Waals surface area (Å²) in [6, 6.07) is 5.14. The zero-order valence-corrected chi connectivity index (χ0v) is 10.9. The highest BCUT2D eigenvalue weighted by atomic mass is 35.5. The molecule has 4 nitrogen and oxygen atoms in total. The molecule has 0 saturated carbocycles. The van der Waals surface area contributed by atoms with Crippen LogP contribution in [0.15, 0.2) is 30.6 Å². The lowest BCUT2D eigenvalue weighted by molar-refractivity contribution is 0.0816. The van der Waals surface area contributed by atoms with Crippen LogP contribution in [0.4, 0.5) is 0 Å². The zero-order valence-electron chi connectivity index (χ0n) is 9.42. The monoisotopic (exact) mass is 286 g/mol. The number of imidazole rings is 1. The molecule has 18 heavy (non-hydrogen) atoms. The molecule has 1 heterocycles. The van der Waals surface area contributed by atoms with Gasteiger partial charge < -0.3 is 14.8 Å². The smallest absolute Gasteiger partial charge is 0.140 e. The number of hydrogen-bond donors (Lipinski definition) is 2. The Bertz CT molecular complexity index is 522. The Kier molecular flexibility index (Phi) is 4.24. The predicted octanol–water partition coefficient (Wildman–Crippen LogP) is 2.21. The lowest BCUT2D eigenvalue weighted by Gasteiger charge is -2.11. The second-order valence-electron chi connectivity index (χ2n) is 3.90. The summed E-state index contributed by atoms with van der Waals surface area (Å²) in [4.78, 5) is 4.21. The molecule has 1 unspecified atom stereocenters. The molecule has 0 fully saturated rings. The summed E-state index contributed by atoms with van der Waals surface area (Å²) < 4.78 is 1.74. The van der Waals surface area contributed by atoms with E-state index in [0.717, 1.165) is 5.56 Å². The number of rotatable bonds is 4. The van der Waals surface area contributed by atoms with Crippen molar-refractivity contribution < 1.29 is 10.2 Å². The van der Waals surface area contributed by atoms with Crippen molar-refractivity contribution in [3.05, 3.63) is 40.6 Å². The topological polar surface area (TPSA) is 58.3 Å². The highest BCUT2D eigenvalue weighted by Gasteiger charge is 2.11. The van der Waals surface area contributed by atoms with Crippen molar-refractivity contribution in [2.75, 3.05) is 6.61 Å². The van der Waals surface area contributed by atoms with Crippen molar-refractivity contribution in [2.24, 2.45) is 0 Å². The first-order valence-electron chi connectivity index (χ1n) is 5.36. The number of hydrogen-bond acceptors (Lipinski definition) is 3. The fourth-order valence-corrected chi connectivity index (χ4v) is 2.21. The van der Waals surface area contributed by atoms with Gasteiger partial charge >= 0.3 is 0 Å². The van der Waals surface area contributed by atoms with Gasteiger partial charge in [0.2, 0.25) is 0 Å². The summed E-state index contributed by atoms with van der Waals surface area (Å²) in [6.45, 7) is -0.0378. The summed E-state index contributed by atoms with van der Waals surface area (Å²) >= 11 is 11.9. The maximum absolute atomic E-state index is 9.46. The lowest BCUT2D eigenvalue weighted by Crippen LogP contribution is -2.19. The quantitative estimate of drug-likeness (QED) is 0.906. The number of halogens is 2. The summed E-state index contributed by atoms with van der Waals surface area (Å²) in [5, 5.41) is 19.4. The molecule has 0 spiro atoms. The van der Waals surface area contributed by atoms with E-state index in [0.29, 0.717) is 15.9 Å². The van der Waals surface area contributed by atoms with Gasteiger partial charge in [0.05, 0.1) is 19.3 Å². The van der Waals surface area contributed by atoms with E-state index >= 15 is 0 Å². The molecule has 1 aromatic heterocycles. The van der Waals surface area contributed by atoms with Crippen LogP contribution < -0.4 is 0 Å². The minimum absolute atomic E-state index is 0.260. The third kappa shape index (κ3) is 3.03. The predicted molar refractivity (Wildman–Crippen MR) is 70.8 cm³/mol. The molecular weight excluding hydrogens is 275 g/mol. The average Bonchev–Trinajstić information content (AvgIpc) is 2.75. The minimum Gasteiger partial charge on any atom is -0.394 e. The third-order valence-electron chi connectivity index (χ3n) is 2.45. The molecule has 96 valence electrons. The Morgan fingerprint density at radius 2 is 1.89 bits per heavy atom.